The molecule has 1 rings (SSSR count). The first-order valence-corrected chi connectivity index (χ1v) is 4.04. The van der Waals surface area contributed by atoms with Crippen LogP contribution in [0.2, 0.25) is 0 Å². The lowest BCUT2D eigenvalue weighted by atomic mass is 10.4. The van der Waals surface area contributed by atoms with Gasteiger partial charge in [0.2, 0.25) is 0 Å². The number of H-pyrrole nitrogens is 1. The second kappa shape index (κ2) is 4.96. The van der Waals surface area contributed by atoms with Crippen LogP contribution >= 0.6 is 0 Å². The summed E-state index contributed by atoms with van der Waals surface area (Å²) in [6, 6.07) is -0.614. The molecule has 0 bridgehead atoms. The predicted molar refractivity (Wildman–Crippen MR) is 49.3 cm³/mol. The molecule has 0 spiro atoms. The van der Waals surface area contributed by atoms with Crippen molar-refractivity contribution in [3.05, 3.63) is 12.4 Å². The molecule has 5 N–H and O–H groups in total. The van der Waals surface area contributed by atoms with Crippen LogP contribution in [0.15, 0.2) is 12.4 Å². The first-order valence-electron chi connectivity index (χ1n) is 4.04. The van der Waals surface area contributed by atoms with Crippen molar-refractivity contribution in [2.45, 2.75) is 6.10 Å². The van der Waals surface area contributed by atoms with Gasteiger partial charge in [0.25, 0.3) is 0 Å². The fourth-order valence-corrected chi connectivity index (χ4v) is 0.771. The molecule has 0 radical (unpaired) electrons. The lowest BCUT2D eigenvalue weighted by molar-refractivity contribution is -0.146. The SMILES string of the molecule is O=C(NC[C@H](O)C(=O)O)Nc1cn[nH]c1. The molecule has 0 aliphatic carbocycles. The van der Waals surface area contributed by atoms with Crippen molar-refractivity contribution >= 4 is 17.7 Å². The van der Waals surface area contributed by atoms with Crippen LogP contribution in [0, 0.1) is 0 Å². The van der Waals surface area contributed by atoms with Crippen molar-refractivity contribution in [2.75, 3.05) is 11.9 Å². The Morgan fingerprint density at radius 3 is 2.87 bits per heavy atom. The summed E-state index contributed by atoms with van der Waals surface area (Å²) in [4.78, 5) is 21.3. The number of aliphatic hydroxyl groups is 1. The molecule has 82 valence electrons. The number of carbonyl (C=O) groups is 2. The minimum Gasteiger partial charge on any atom is -0.479 e. The zero-order valence-electron chi connectivity index (χ0n) is 7.60. The molecule has 0 unspecified atom stereocenters. The summed E-state index contributed by atoms with van der Waals surface area (Å²) in [7, 11) is 0. The first kappa shape index (κ1) is 11.0. The average Bonchev–Trinajstić information content (AvgIpc) is 2.66. The number of anilines is 1. The molecule has 8 heteroatoms. The van der Waals surface area contributed by atoms with E-state index in [0.717, 1.165) is 0 Å². The van der Waals surface area contributed by atoms with Gasteiger partial charge in [0.1, 0.15) is 0 Å². The van der Waals surface area contributed by atoms with Gasteiger partial charge in [-0.1, -0.05) is 0 Å². The normalized spacial score (nSPS) is 11.8. The summed E-state index contributed by atoms with van der Waals surface area (Å²) in [5.41, 5.74) is 0.442. The van der Waals surface area contributed by atoms with Gasteiger partial charge in [0, 0.05) is 6.20 Å². The Morgan fingerprint density at radius 2 is 2.33 bits per heavy atom. The van der Waals surface area contributed by atoms with Gasteiger partial charge in [0.15, 0.2) is 6.10 Å². The molecule has 0 aliphatic rings. The number of carboxylic acids is 1. The molecule has 2 amide bonds. The lowest BCUT2D eigenvalue weighted by Gasteiger charge is -2.07. The van der Waals surface area contributed by atoms with E-state index >= 15 is 0 Å². The molecule has 15 heavy (non-hydrogen) atoms. The maximum absolute atomic E-state index is 11.1. The van der Waals surface area contributed by atoms with E-state index < -0.39 is 18.1 Å². The van der Waals surface area contributed by atoms with Gasteiger partial charge in [-0.05, 0) is 0 Å². The smallest absolute Gasteiger partial charge is 0.334 e. The third-order valence-electron chi connectivity index (χ3n) is 1.50. The van der Waals surface area contributed by atoms with Gasteiger partial charge in [-0.15, -0.1) is 0 Å². The van der Waals surface area contributed by atoms with Crippen molar-refractivity contribution in [1.29, 1.82) is 0 Å². The Bertz CT molecular complexity index is 337. The van der Waals surface area contributed by atoms with Gasteiger partial charge in [-0.25, -0.2) is 9.59 Å². The van der Waals surface area contributed by atoms with Crippen molar-refractivity contribution in [2.24, 2.45) is 0 Å². The van der Waals surface area contributed by atoms with Crippen LogP contribution in [0.25, 0.3) is 0 Å². The number of carboxylic acid groups (broad SMARTS) is 1. The number of urea groups is 1. The van der Waals surface area contributed by atoms with Crippen LogP contribution in [0.4, 0.5) is 10.5 Å². The van der Waals surface area contributed by atoms with E-state index in [2.05, 4.69) is 20.8 Å². The van der Waals surface area contributed by atoms with Crippen LogP contribution in [-0.4, -0.2) is 45.1 Å². The number of hydrogen-bond acceptors (Lipinski definition) is 4. The lowest BCUT2D eigenvalue weighted by Crippen LogP contribution is -2.38. The zero-order valence-corrected chi connectivity index (χ0v) is 7.60. The molecule has 0 saturated carbocycles. The number of aliphatic hydroxyl groups excluding tert-OH is 1. The van der Waals surface area contributed by atoms with Crippen molar-refractivity contribution in [3.8, 4) is 0 Å². The molecule has 0 saturated heterocycles. The van der Waals surface area contributed by atoms with Crippen LogP contribution in [-0.2, 0) is 4.79 Å². The fraction of sp³-hybridized carbons (Fsp3) is 0.286. The molecule has 1 heterocycles. The number of hydrogen-bond donors (Lipinski definition) is 5. The molecule has 8 nitrogen and oxygen atoms in total. The van der Waals surface area contributed by atoms with E-state index in [1.807, 2.05) is 0 Å². The van der Waals surface area contributed by atoms with Gasteiger partial charge in [-0.2, -0.15) is 5.10 Å². The molecule has 1 aromatic rings. The van der Waals surface area contributed by atoms with Crippen LogP contribution in [0.5, 0.6) is 0 Å². The number of nitrogens with zero attached hydrogens (tertiary/aromatic N) is 1. The average molecular weight is 214 g/mol. The summed E-state index contributed by atoms with van der Waals surface area (Å²) in [6.07, 6.45) is 1.22. The van der Waals surface area contributed by atoms with Crippen molar-refractivity contribution in [3.63, 3.8) is 0 Å². The molecular formula is C7H10N4O4. The third kappa shape index (κ3) is 3.65. The molecule has 0 aliphatic heterocycles. The zero-order chi connectivity index (χ0) is 11.3. The number of aromatic nitrogens is 2. The van der Waals surface area contributed by atoms with Gasteiger partial charge in [0.05, 0.1) is 18.4 Å². The van der Waals surface area contributed by atoms with Crippen molar-refractivity contribution in [1.82, 2.24) is 15.5 Å². The van der Waals surface area contributed by atoms with E-state index in [-0.39, 0.29) is 6.54 Å². The minimum absolute atomic E-state index is 0.362. The molecule has 0 aromatic carbocycles. The van der Waals surface area contributed by atoms with Gasteiger partial charge < -0.3 is 20.8 Å². The summed E-state index contributed by atoms with van der Waals surface area (Å²) in [6.45, 7) is -0.362. The Hall–Kier alpha value is -2.09. The third-order valence-corrected chi connectivity index (χ3v) is 1.50. The predicted octanol–water partition coefficient (Wildman–Crippen LogP) is -1.02. The Kier molecular flexibility index (Phi) is 3.63. The summed E-state index contributed by atoms with van der Waals surface area (Å²) in [5, 5.41) is 27.8. The quantitative estimate of drug-likeness (QED) is 0.438. The van der Waals surface area contributed by atoms with Gasteiger partial charge >= 0.3 is 12.0 Å². The fourth-order valence-electron chi connectivity index (χ4n) is 0.771. The number of aromatic amines is 1. The highest BCUT2D eigenvalue weighted by Gasteiger charge is 2.13. The number of carbonyl (C=O) groups excluding carboxylic acids is 1. The second-order valence-electron chi connectivity index (χ2n) is 2.68. The number of rotatable bonds is 4. The summed E-state index contributed by atoms with van der Waals surface area (Å²) >= 11 is 0. The van der Waals surface area contributed by atoms with E-state index in [0.29, 0.717) is 5.69 Å². The van der Waals surface area contributed by atoms with Crippen LogP contribution < -0.4 is 10.6 Å². The Labute approximate surface area is 84.3 Å². The maximum Gasteiger partial charge on any atom is 0.334 e. The molecule has 1 atom stereocenters. The van der Waals surface area contributed by atoms with E-state index in [9.17, 15) is 9.59 Å². The standard InChI is InChI=1S/C7H10N4O4/c12-5(6(13)14)3-8-7(15)11-4-1-9-10-2-4/h1-2,5,12H,3H2,(H,9,10)(H,13,14)(H2,8,11,15)/t5-/m0/s1. The van der Waals surface area contributed by atoms with Gasteiger partial charge in [-0.3, -0.25) is 5.10 Å². The topological polar surface area (TPSA) is 127 Å². The molecule has 0 fully saturated rings. The monoisotopic (exact) mass is 214 g/mol. The Morgan fingerprint density at radius 1 is 1.60 bits per heavy atom. The molecular weight excluding hydrogens is 204 g/mol. The van der Waals surface area contributed by atoms with E-state index in [1.54, 1.807) is 0 Å². The highest BCUT2D eigenvalue weighted by atomic mass is 16.4. The number of aliphatic carboxylic acids is 1. The van der Waals surface area contributed by atoms with Crippen molar-refractivity contribution < 1.29 is 19.8 Å². The maximum atomic E-state index is 11.1. The Balaban J connectivity index is 2.28. The first-order chi connectivity index (χ1) is 7.09. The molecule has 1 aromatic heterocycles. The second-order valence-corrected chi connectivity index (χ2v) is 2.68. The summed E-state index contributed by atoms with van der Waals surface area (Å²) < 4.78 is 0. The van der Waals surface area contributed by atoms with Crippen LogP contribution in [0.1, 0.15) is 0 Å². The number of amides is 2. The van der Waals surface area contributed by atoms with E-state index in [4.69, 9.17) is 10.2 Å². The highest BCUT2D eigenvalue weighted by molar-refractivity contribution is 5.89. The largest absolute Gasteiger partial charge is 0.479 e. The number of nitrogens with one attached hydrogen (secondary N) is 3. The van der Waals surface area contributed by atoms with E-state index in [1.165, 1.54) is 12.4 Å². The minimum atomic E-state index is -1.61. The summed E-state index contributed by atoms with van der Waals surface area (Å²) in [5.74, 6) is -1.39. The van der Waals surface area contributed by atoms with Crippen LogP contribution in [0.3, 0.4) is 0 Å². The highest BCUT2D eigenvalue weighted by Crippen LogP contribution is 1.99.